The third-order valence-electron chi connectivity index (χ3n) is 7.83. The Labute approximate surface area is 227 Å². The molecule has 3 aromatic carbocycles. The van der Waals surface area contributed by atoms with Crippen molar-refractivity contribution in [3.63, 3.8) is 0 Å². The van der Waals surface area contributed by atoms with Crippen molar-refractivity contribution in [2.24, 2.45) is 0 Å². The summed E-state index contributed by atoms with van der Waals surface area (Å²) in [6, 6.07) is 22.8. The summed E-state index contributed by atoms with van der Waals surface area (Å²) in [5.41, 5.74) is 6.41. The first-order valence-electron chi connectivity index (χ1n) is 13.5. The quantitative estimate of drug-likeness (QED) is 0.201. The lowest BCUT2D eigenvalue weighted by atomic mass is 9.87. The number of rotatable bonds is 9. The first kappa shape index (κ1) is 25.1. The number of methoxy groups -OCH3 is 2. The first-order chi connectivity index (χ1) is 19.1. The van der Waals surface area contributed by atoms with E-state index in [0.29, 0.717) is 30.2 Å². The van der Waals surface area contributed by atoms with E-state index in [1.807, 2.05) is 24.3 Å². The molecule has 2 atom stereocenters. The number of ether oxygens (including phenoxy) is 2. The molecule has 1 aliphatic carbocycles. The number of hydrogen-bond acceptors (Lipinski definition) is 4. The summed E-state index contributed by atoms with van der Waals surface area (Å²) in [5, 5.41) is 9.17. The molecule has 0 saturated carbocycles. The van der Waals surface area contributed by atoms with Crippen molar-refractivity contribution in [3.05, 3.63) is 95.3 Å². The van der Waals surface area contributed by atoms with Gasteiger partial charge in [0.15, 0.2) is 11.5 Å². The molecule has 39 heavy (non-hydrogen) atoms. The molecule has 5 aromatic rings. The van der Waals surface area contributed by atoms with Crippen LogP contribution in [0.1, 0.15) is 46.1 Å². The van der Waals surface area contributed by atoms with Gasteiger partial charge in [-0.25, -0.2) is 0 Å². The number of H-pyrrole nitrogens is 2. The van der Waals surface area contributed by atoms with Crippen LogP contribution in [-0.4, -0.2) is 42.7 Å². The number of carbonyl (C=O) groups excluding carboxylic acids is 1. The summed E-state index contributed by atoms with van der Waals surface area (Å²) in [7, 11) is 3.21. The number of amides is 1. The predicted molar refractivity (Wildman–Crippen MR) is 155 cm³/mol. The monoisotopic (exact) mass is 522 g/mol. The SMILES string of the molecule is COc1cc2cc(C(=O)NC(CNC3CCCc4ccccc43)Cc3c[nH]c4ccccc34)[nH]c2cc1OC. The lowest BCUT2D eigenvalue weighted by Crippen LogP contribution is -2.44. The van der Waals surface area contributed by atoms with Crippen molar-refractivity contribution in [1.29, 1.82) is 0 Å². The molecular formula is C32H34N4O3. The Balaban J connectivity index is 1.25. The normalized spacial score (nSPS) is 15.7. The molecule has 2 heterocycles. The topological polar surface area (TPSA) is 91.2 Å². The second-order valence-electron chi connectivity index (χ2n) is 10.3. The molecule has 7 nitrogen and oxygen atoms in total. The van der Waals surface area contributed by atoms with Crippen LogP contribution in [0, 0.1) is 0 Å². The fraction of sp³-hybridized carbons (Fsp3) is 0.281. The fourth-order valence-corrected chi connectivity index (χ4v) is 5.84. The number of aromatic nitrogens is 2. The Bertz CT molecular complexity index is 1580. The standard InChI is InChI=1S/C32H34N4O3/c1-38-30-16-21-15-29(36-28(21)17-31(30)39-2)32(37)35-23(14-22-18-33-26-12-6-5-11-25(22)26)19-34-27-13-7-9-20-8-3-4-10-24(20)27/h3-6,8,10-12,15-18,23,27,33-34,36H,7,9,13-14,19H2,1-2H3,(H,35,37). The molecule has 0 radical (unpaired) electrons. The van der Waals surface area contributed by atoms with Crippen molar-refractivity contribution in [1.82, 2.24) is 20.6 Å². The number of benzene rings is 3. The van der Waals surface area contributed by atoms with E-state index in [0.717, 1.165) is 35.7 Å². The van der Waals surface area contributed by atoms with Crippen LogP contribution in [0.5, 0.6) is 11.5 Å². The minimum Gasteiger partial charge on any atom is -0.493 e. The molecule has 6 rings (SSSR count). The molecule has 1 amide bonds. The minimum atomic E-state index is -0.139. The Hall–Kier alpha value is -4.23. The van der Waals surface area contributed by atoms with Gasteiger partial charge in [-0.15, -0.1) is 0 Å². The summed E-state index contributed by atoms with van der Waals surface area (Å²) in [5.74, 6) is 1.11. The molecule has 0 fully saturated rings. The van der Waals surface area contributed by atoms with Gasteiger partial charge < -0.3 is 30.1 Å². The molecular weight excluding hydrogens is 488 g/mol. The minimum absolute atomic E-state index is 0.110. The summed E-state index contributed by atoms with van der Waals surface area (Å²) in [6.45, 7) is 0.659. The maximum absolute atomic E-state index is 13.5. The van der Waals surface area contributed by atoms with Crippen LogP contribution in [0.15, 0.2) is 72.9 Å². The number of fused-ring (bicyclic) bond motifs is 3. The highest BCUT2D eigenvalue weighted by Gasteiger charge is 2.23. The smallest absolute Gasteiger partial charge is 0.268 e. The average Bonchev–Trinajstić information content (AvgIpc) is 3.59. The molecule has 7 heteroatoms. The molecule has 1 aliphatic rings. The summed E-state index contributed by atoms with van der Waals surface area (Å²) < 4.78 is 10.9. The van der Waals surface area contributed by atoms with E-state index in [4.69, 9.17) is 9.47 Å². The van der Waals surface area contributed by atoms with Gasteiger partial charge in [0.05, 0.1) is 14.2 Å². The fourth-order valence-electron chi connectivity index (χ4n) is 5.84. The van der Waals surface area contributed by atoms with Crippen molar-refractivity contribution in [2.75, 3.05) is 20.8 Å². The van der Waals surface area contributed by atoms with Gasteiger partial charge in [0.25, 0.3) is 5.91 Å². The third-order valence-corrected chi connectivity index (χ3v) is 7.83. The Kier molecular flexibility index (Phi) is 6.99. The maximum Gasteiger partial charge on any atom is 0.268 e. The van der Waals surface area contributed by atoms with Crippen LogP contribution in [0.3, 0.4) is 0 Å². The number of nitrogens with one attached hydrogen (secondary N) is 4. The van der Waals surface area contributed by atoms with E-state index >= 15 is 0 Å². The zero-order chi connectivity index (χ0) is 26.8. The highest BCUT2D eigenvalue weighted by molar-refractivity contribution is 5.99. The van der Waals surface area contributed by atoms with Crippen LogP contribution in [0.25, 0.3) is 21.8 Å². The van der Waals surface area contributed by atoms with E-state index in [1.54, 1.807) is 14.2 Å². The van der Waals surface area contributed by atoms with Gasteiger partial charge in [0.2, 0.25) is 0 Å². The van der Waals surface area contributed by atoms with E-state index < -0.39 is 0 Å². The van der Waals surface area contributed by atoms with Crippen LogP contribution >= 0.6 is 0 Å². The zero-order valence-corrected chi connectivity index (χ0v) is 22.3. The highest BCUT2D eigenvalue weighted by Crippen LogP contribution is 2.32. The predicted octanol–water partition coefficient (Wildman–Crippen LogP) is 5.67. The van der Waals surface area contributed by atoms with Crippen molar-refractivity contribution in [2.45, 2.75) is 37.8 Å². The maximum atomic E-state index is 13.5. The molecule has 0 aliphatic heterocycles. The van der Waals surface area contributed by atoms with Gasteiger partial charge in [-0.2, -0.15) is 0 Å². The molecule has 0 spiro atoms. The van der Waals surface area contributed by atoms with Crippen molar-refractivity contribution in [3.8, 4) is 11.5 Å². The second-order valence-corrected chi connectivity index (χ2v) is 10.3. The van der Waals surface area contributed by atoms with E-state index in [9.17, 15) is 4.79 Å². The molecule has 200 valence electrons. The molecule has 0 bridgehead atoms. The van der Waals surface area contributed by atoms with E-state index in [-0.39, 0.29) is 18.0 Å². The largest absolute Gasteiger partial charge is 0.493 e. The number of carbonyl (C=O) groups is 1. The van der Waals surface area contributed by atoms with Gasteiger partial charge in [0.1, 0.15) is 5.69 Å². The summed E-state index contributed by atoms with van der Waals surface area (Å²) >= 11 is 0. The number of para-hydroxylation sites is 1. The van der Waals surface area contributed by atoms with Gasteiger partial charge in [-0.05, 0) is 60.6 Å². The molecule has 2 aromatic heterocycles. The molecule has 0 saturated heterocycles. The Morgan fingerprint density at radius 1 is 1.00 bits per heavy atom. The van der Waals surface area contributed by atoms with Gasteiger partial charge in [-0.1, -0.05) is 42.5 Å². The van der Waals surface area contributed by atoms with Crippen LogP contribution in [-0.2, 0) is 12.8 Å². The number of aryl methyl sites for hydroxylation is 1. The average molecular weight is 523 g/mol. The highest BCUT2D eigenvalue weighted by atomic mass is 16.5. The van der Waals surface area contributed by atoms with E-state index in [1.165, 1.54) is 22.1 Å². The number of aromatic amines is 2. The third kappa shape index (κ3) is 5.10. The molecule has 4 N–H and O–H groups in total. The number of hydrogen-bond donors (Lipinski definition) is 4. The lowest BCUT2D eigenvalue weighted by molar-refractivity contribution is 0.0931. The Morgan fingerprint density at radius 3 is 2.67 bits per heavy atom. The lowest BCUT2D eigenvalue weighted by Gasteiger charge is -2.29. The van der Waals surface area contributed by atoms with Gasteiger partial charge >= 0.3 is 0 Å². The van der Waals surface area contributed by atoms with Crippen molar-refractivity contribution >= 4 is 27.7 Å². The molecule has 2 unspecified atom stereocenters. The zero-order valence-electron chi connectivity index (χ0n) is 22.3. The Morgan fingerprint density at radius 2 is 1.79 bits per heavy atom. The van der Waals surface area contributed by atoms with Crippen LogP contribution in [0.2, 0.25) is 0 Å². The summed E-state index contributed by atoms with van der Waals surface area (Å²) in [4.78, 5) is 20.2. The second kappa shape index (κ2) is 10.9. The van der Waals surface area contributed by atoms with Gasteiger partial charge in [0, 0.05) is 52.7 Å². The van der Waals surface area contributed by atoms with Crippen molar-refractivity contribution < 1.29 is 14.3 Å². The summed E-state index contributed by atoms with van der Waals surface area (Å²) in [6.07, 6.45) is 6.15. The van der Waals surface area contributed by atoms with Crippen LogP contribution in [0.4, 0.5) is 0 Å². The van der Waals surface area contributed by atoms with Gasteiger partial charge in [-0.3, -0.25) is 4.79 Å². The van der Waals surface area contributed by atoms with Crippen LogP contribution < -0.4 is 20.1 Å². The first-order valence-corrected chi connectivity index (χ1v) is 13.5. The van der Waals surface area contributed by atoms with E-state index in [2.05, 4.69) is 69.3 Å².